The maximum absolute atomic E-state index is 8.51. The van der Waals surface area contributed by atoms with Crippen molar-refractivity contribution in [3.8, 4) is 11.9 Å². The fourth-order valence-electron chi connectivity index (χ4n) is 0.941. The van der Waals surface area contributed by atoms with E-state index >= 15 is 0 Å². The van der Waals surface area contributed by atoms with Crippen LogP contribution in [0.2, 0.25) is 0 Å². The summed E-state index contributed by atoms with van der Waals surface area (Å²) in [5, 5.41) is 10.9. The van der Waals surface area contributed by atoms with E-state index in [0.29, 0.717) is 12.4 Å². The summed E-state index contributed by atoms with van der Waals surface area (Å²) in [6, 6.07) is 9.22. The van der Waals surface area contributed by atoms with E-state index < -0.39 is 0 Å². The van der Waals surface area contributed by atoms with Gasteiger partial charge in [0, 0.05) is 6.61 Å². The summed E-state index contributed by atoms with van der Waals surface area (Å²) >= 11 is 0. The Balaban J connectivity index is 2.58. The highest BCUT2D eigenvalue weighted by molar-refractivity contribution is 5.77. The highest BCUT2D eigenvalue weighted by Crippen LogP contribution is 2.08. The van der Waals surface area contributed by atoms with Gasteiger partial charge in [0.05, 0.1) is 0 Å². The lowest BCUT2D eigenvalue weighted by atomic mass is 10.3. The van der Waals surface area contributed by atoms with Crippen molar-refractivity contribution in [3.63, 3.8) is 0 Å². The molecular weight excluding hydrogens is 206 g/mol. The van der Waals surface area contributed by atoms with Gasteiger partial charge < -0.3 is 9.47 Å². The van der Waals surface area contributed by atoms with Gasteiger partial charge in [-0.15, -0.1) is 0 Å². The molecule has 16 heavy (non-hydrogen) atoms. The molecule has 84 valence electrons. The zero-order valence-electron chi connectivity index (χ0n) is 9.01. The van der Waals surface area contributed by atoms with Crippen LogP contribution in [-0.2, 0) is 4.74 Å². The first-order valence-corrected chi connectivity index (χ1v) is 4.87. The molecule has 5 heteroatoms. The minimum absolute atomic E-state index is 0.127. The maximum Gasteiger partial charge on any atom is 0.306 e. The molecule has 1 rings (SSSR count). The van der Waals surface area contributed by atoms with E-state index in [9.17, 15) is 0 Å². The van der Waals surface area contributed by atoms with E-state index in [2.05, 4.69) is 10.3 Å². The molecule has 0 heterocycles. The van der Waals surface area contributed by atoms with Gasteiger partial charge in [-0.05, 0) is 19.1 Å². The van der Waals surface area contributed by atoms with Crippen molar-refractivity contribution in [2.24, 2.45) is 4.99 Å². The summed E-state index contributed by atoms with van der Waals surface area (Å²) in [5.74, 6) is 0.612. The van der Waals surface area contributed by atoms with Gasteiger partial charge in [0.1, 0.15) is 12.5 Å². The first-order chi connectivity index (χ1) is 7.86. The van der Waals surface area contributed by atoms with Gasteiger partial charge in [-0.25, -0.2) is 10.3 Å². The number of amidine groups is 1. The van der Waals surface area contributed by atoms with Crippen LogP contribution < -0.4 is 10.1 Å². The summed E-state index contributed by atoms with van der Waals surface area (Å²) in [4.78, 5) is 3.94. The lowest BCUT2D eigenvalue weighted by molar-refractivity contribution is 0.155. The van der Waals surface area contributed by atoms with Crippen molar-refractivity contribution in [3.05, 3.63) is 30.3 Å². The molecule has 0 unspecified atom stereocenters. The van der Waals surface area contributed by atoms with Crippen LogP contribution in [0.5, 0.6) is 5.75 Å². The van der Waals surface area contributed by atoms with Crippen molar-refractivity contribution in [1.29, 1.82) is 5.26 Å². The number of benzene rings is 1. The number of hydrogen-bond acceptors (Lipinski definition) is 4. The number of ether oxygens (including phenoxy) is 2. The quantitative estimate of drug-likeness (QED) is 0.274. The summed E-state index contributed by atoms with van der Waals surface area (Å²) < 4.78 is 10.4. The predicted octanol–water partition coefficient (Wildman–Crippen LogP) is 1.49. The SMILES string of the molecule is CCOC/N=C(\NC#N)Oc1ccccc1. The maximum atomic E-state index is 8.51. The number of rotatable bonds is 4. The van der Waals surface area contributed by atoms with Crippen molar-refractivity contribution < 1.29 is 9.47 Å². The van der Waals surface area contributed by atoms with E-state index in [4.69, 9.17) is 14.7 Å². The summed E-state index contributed by atoms with van der Waals surface area (Å²) in [6.07, 6.45) is 1.75. The third-order valence-electron chi connectivity index (χ3n) is 1.62. The normalized spacial score (nSPS) is 10.6. The van der Waals surface area contributed by atoms with Crippen LogP contribution in [0.4, 0.5) is 0 Å². The molecule has 0 aliphatic carbocycles. The van der Waals surface area contributed by atoms with Crippen molar-refractivity contribution in [2.75, 3.05) is 13.3 Å². The van der Waals surface area contributed by atoms with Crippen LogP contribution >= 0.6 is 0 Å². The fourth-order valence-corrected chi connectivity index (χ4v) is 0.941. The lowest BCUT2D eigenvalue weighted by Crippen LogP contribution is -2.25. The van der Waals surface area contributed by atoms with Crippen LogP contribution in [0.25, 0.3) is 0 Å². The summed E-state index contributed by atoms with van der Waals surface area (Å²) in [5.41, 5.74) is 0. The third kappa shape index (κ3) is 4.44. The molecule has 0 saturated heterocycles. The summed E-state index contributed by atoms with van der Waals surface area (Å²) in [6.45, 7) is 2.59. The second-order valence-corrected chi connectivity index (χ2v) is 2.74. The van der Waals surface area contributed by atoms with Crippen molar-refractivity contribution in [1.82, 2.24) is 5.32 Å². The Labute approximate surface area is 94.3 Å². The molecule has 0 aliphatic rings. The average molecular weight is 219 g/mol. The molecule has 0 bridgehead atoms. The Kier molecular flexibility index (Phi) is 5.45. The highest BCUT2D eigenvalue weighted by Gasteiger charge is 2.00. The Bertz CT molecular complexity index is 371. The minimum Gasteiger partial charge on any atom is -0.425 e. The molecule has 5 nitrogen and oxygen atoms in total. The largest absolute Gasteiger partial charge is 0.425 e. The Morgan fingerprint density at radius 2 is 2.19 bits per heavy atom. The monoisotopic (exact) mass is 219 g/mol. The van der Waals surface area contributed by atoms with E-state index in [1.807, 2.05) is 25.1 Å². The van der Waals surface area contributed by atoms with Gasteiger partial charge in [0.25, 0.3) is 0 Å². The summed E-state index contributed by atoms with van der Waals surface area (Å²) in [7, 11) is 0. The number of nitriles is 1. The van der Waals surface area contributed by atoms with Crippen LogP contribution in [-0.4, -0.2) is 19.4 Å². The highest BCUT2D eigenvalue weighted by atomic mass is 16.5. The van der Waals surface area contributed by atoms with Crippen LogP contribution in [0.1, 0.15) is 6.92 Å². The molecule has 0 aromatic heterocycles. The molecule has 0 radical (unpaired) electrons. The Morgan fingerprint density at radius 1 is 1.44 bits per heavy atom. The van der Waals surface area contributed by atoms with Gasteiger partial charge in [-0.2, -0.15) is 5.26 Å². The number of para-hydroxylation sites is 1. The zero-order chi connectivity index (χ0) is 11.6. The smallest absolute Gasteiger partial charge is 0.306 e. The predicted molar refractivity (Wildman–Crippen MR) is 59.7 cm³/mol. The molecule has 1 N–H and O–H groups in total. The van der Waals surface area contributed by atoms with E-state index in [0.717, 1.165) is 0 Å². The first-order valence-electron chi connectivity index (χ1n) is 4.87. The second kappa shape index (κ2) is 7.26. The van der Waals surface area contributed by atoms with Crippen molar-refractivity contribution in [2.45, 2.75) is 6.92 Å². The van der Waals surface area contributed by atoms with Gasteiger partial charge in [0.2, 0.25) is 0 Å². The lowest BCUT2D eigenvalue weighted by Gasteiger charge is -2.06. The average Bonchev–Trinajstić information content (AvgIpc) is 2.31. The molecule has 0 amide bonds. The molecule has 0 saturated carbocycles. The molecule has 0 atom stereocenters. The number of aliphatic imine (C=N–C) groups is 1. The molecule has 0 spiro atoms. The number of hydrogen-bond donors (Lipinski definition) is 1. The molecular formula is C11H13N3O2. The van der Waals surface area contributed by atoms with Gasteiger partial charge in [0.15, 0.2) is 6.19 Å². The zero-order valence-corrected chi connectivity index (χ0v) is 9.01. The topological polar surface area (TPSA) is 66.6 Å². The van der Waals surface area contributed by atoms with E-state index in [1.165, 1.54) is 0 Å². The van der Waals surface area contributed by atoms with Crippen LogP contribution in [0, 0.1) is 11.5 Å². The first kappa shape index (κ1) is 12.0. The molecule has 1 aromatic rings. The standard InChI is InChI=1S/C11H13N3O2/c1-2-15-9-14-11(13-8-12)16-10-6-4-3-5-7-10/h3-7H,2,9H2,1H3,(H,13,14). The Hall–Kier alpha value is -2.06. The van der Waals surface area contributed by atoms with E-state index in [-0.39, 0.29) is 12.8 Å². The molecule has 0 fully saturated rings. The molecule has 0 aliphatic heterocycles. The second-order valence-electron chi connectivity index (χ2n) is 2.74. The molecule has 1 aromatic carbocycles. The van der Waals surface area contributed by atoms with E-state index in [1.54, 1.807) is 18.3 Å². The van der Waals surface area contributed by atoms with Gasteiger partial charge in [-0.1, -0.05) is 18.2 Å². The number of nitrogens with zero attached hydrogens (tertiary/aromatic N) is 2. The van der Waals surface area contributed by atoms with Gasteiger partial charge >= 0.3 is 6.02 Å². The van der Waals surface area contributed by atoms with Crippen LogP contribution in [0.3, 0.4) is 0 Å². The van der Waals surface area contributed by atoms with Crippen molar-refractivity contribution >= 4 is 6.02 Å². The van der Waals surface area contributed by atoms with Gasteiger partial charge in [-0.3, -0.25) is 0 Å². The number of nitrogens with one attached hydrogen (secondary N) is 1. The minimum atomic E-state index is 0.127. The Morgan fingerprint density at radius 3 is 2.81 bits per heavy atom. The van der Waals surface area contributed by atoms with Crippen LogP contribution in [0.15, 0.2) is 35.3 Å². The third-order valence-corrected chi connectivity index (χ3v) is 1.62. The fraction of sp³-hybridized carbons (Fsp3) is 0.273.